The van der Waals surface area contributed by atoms with Gasteiger partial charge < -0.3 is 15.3 Å². The molecule has 0 aromatic rings. The molecule has 34 heavy (non-hydrogen) atoms. The van der Waals surface area contributed by atoms with Gasteiger partial charge in [0.15, 0.2) is 0 Å². The summed E-state index contributed by atoms with van der Waals surface area (Å²) < 4.78 is 0. The molecule has 190 valence electrons. The lowest BCUT2D eigenvalue weighted by Crippen LogP contribution is -2.35. The van der Waals surface area contributed by atoms with Crippen LogP contribution in [-0.4, -0.2) is 33.6 Å². The quantitative estimate of drug-likeness (QED) is 0.348. The maximum Gasteiger partial charge on any atom is 0.0825 e. The van der Waals surface area contributed by atoms with Gasteiger partial charge in [-0.15, -0.1) is 0 Å². The largest absolute Gasteiger partial charge is 0.396 e. The SMILES string of the molecule is C=C1/C(=C\C=C2/CCC[C@]3(C)[C@@H]([C@H](C)/C=C/C=C/C(O)(CC)CC)CC[C@@H]23)C[C@H](O)C[C@H]1CO. The van der Waals surface area contributed by atoms with E-state index in [1.165, 1.54) is 25.7 Å². The molecule has 6 atom stereocenters. The van der Waals surface area contributed by atoms with Crippen LogP contribution in [-0.2, 0) is 0 Å². The van der Waals surface area contributed by atoms with E-state index in [9.17, 15) is 15.3 Å². The van der Waals surface area contributed by atoms with Crippen molar-refractivity contribution >= 4 is 0 Å². The molecule has 0 aliphatic heterocycles. The van der Waals surface area contributed by atoms with Crippen molar-refractivity contribution in [1.82, 2.24) is 0 Å². The van der Waals surface area contributed by atoms with E-state index in [1.807, 2.05) is 26.0 Å². The van der Waals surface area contributed by atoms with Crippen molar-refractivity contribution in [3.05, 3.63) is 59.8 Å². The van der Waals surface area contributed by atoms with E-state index < -0.39 is 5.60 Å². The van der Waals surface area contributed by atoms with Gasteiger partial charge in [-0.05, 0) is 92.1 Å². The van der Waals surface area contributed by atoms with Gasteiger partial charge in [-0.2, -0.15) is 0 Å². The summed E-state index contributed by atoms with van der Waals surface area (Å²) in [5.41, 5.74) is 3.29. The molecule has 3 fully saturated rings. The molecule has 0 unspecified atom stereocenters. The Morgan fingerprint density at radius 1 is 1.18 bits per heavy atom. The minimum atomic E-state index is -0.688. The lowest BCUT2D eigenvalue weighted by Gasteiger charge is -2.44. The maximum atomic E-state index is 10.5. The van der Waals surface area contributed by atoms with Gasteiger partial charge >= 0.3 is 0 Å². The van der Waals surface area contributed by atoms with Crippen LogP contribution in [0.25, 0.3) is 0 Å². The summed E-state index contributed by atoms with van der Waals surface area (Å²) in [6, 6.07) is 0. The predicted octanol–water partition coefficient (Wildman–Crippen LogP) is 6.67. The van der Waals surface area contributed by atoms with Crippen molar-refractivity contribution in [2.45, 2.75) is 97.2 Å². The first-order valence-corrected chi connectivity index (χ1v) is 13.6. The molecule has 3 rings (SSSR count). The Morgan fingerprint density at radius 3 is 2.59 bits per heavy atom. The zero-order valence-electron chi connectivity index (χ0n) is 22.0. The highest BCUT2D eigenvalue weighted by Gasteiger charge is 2.50. The summed E-state index contributed by atoms with van der Waals surface area (Å²) >= 11 is 0. The van der Waals surface area contributed by atoms with E-state index in [0.29, 0.717) is 36.0 Å². The van der Waals surface area contributed by atoms with Crippen LogP contribution in [0, 0.1) is 29.1 Å². The van der Waals surface area contributed by atoms with Crippen LogP contribution < -0.4 is 0 Å². The van der Waals surface area contributed by atoms with Crippen LogP contribution in [0.4, 0.5) is 0 Å². The highest BCUT2D eigenvalue weighted by Crippen LogP contribution is 2.59. The second kappa shape index (κ2) is 11.5. The maximum absolute atomic E-state index is 10.5. The zero-order valence-corrected chi connectivity index (χ0v) is 22.0. The second-order valence-corrected chi connectivity index (χ2v) is 11.4. The van der Waals surface area contributed by atoms with Crippen molar-refractivity contribution in [3.63, 3.8) is 0 Å². The third-order valence-electron chi connectivity index (χ3n) is 9.47. The lowest BCUT2D eigenvalue weighted by atomic mass is 9.61. The molecule has 0 bridgehead atoms. The Balaban J connectivity index is 1.72. The molecule has 3 aliphatic carbocycles. The Kier molecular flexibility index (Phi) is 9.23. The highest BCUT2D eigenvalue weighted by molar-refractivity contribution is 5.38. The number of hydrogen-bond donors (Lipinski definition) is 3. The normalized spacial score (nSPS) is 36.1. The molecule has 3 aliphatic rings. The molecule has 0 radical (unpaired) electrons. The summed E-state index contributed by atoms with van der Waals surface area (Å²) in [6.07, 6.45) is 21.5. The molecule has 0 saturated heterocycles. The summed E-state index contributed by atoms with van der Waals surface area (Å²) in [5.74, 6) is 1.77. The molecule has 0 spiro atoms. The van der Waals surface area contributed by atoms with Crippen LogP contribution in [0.3, 0.4) is 0 Å². The van der Waals surface area contributed by atoms with Crippen LogP contribution in [0.15, 0.2) is 59.8 Å². The Bertz CT molecular complexity index is 828. The molecule has 0 heterocycles. The number of fused-ring (bicyclic) bond motifs is 1. The number of aliphatic hydroxyl groups excluding tert-OH is 2. The van der Waals surface area contributed by atoms with Crippen LogP contribution in [0.5, 0.6) is 0 Å². The summed E-state index contributed by atoms with van der Waals surface area (Å²) in [7, 11) is 0. The van der Waals surface area contributed by atoms with Gasteiger partial charge in [0, 0.05) is 5.92 Å². The molecule has 3 saturated carbocycles. The number of aliphatic hydroxyl groups is 3. The number of rotatable bonds is 8. The average molecular weight is 469 g/mol. The zero-order chi connectivity index (χ0) is 24.9. The van der Waals surface area contributed by atoms with Crippen molar-refractivity contribution in [3.8, 4) is 0 Å². The monoisotopic (exact) mass is 468 g/mol. The third kappa shape index (κ3) is 5.86. The van der Waals surface area contributed by atoms with Crippen molar-refractivity contribution in [2.24, 2.45) is 29.1 Å². The van der Waals surface area contributed by atoms with Crippen molar-refractivity contribution in [1.29, 1.82) is 0 Å². The van der Waals surface area contributed by atoms with Gasteiger partial charge in [-0.25, -0.2) is 0 Å². The first kappa shape index (κ1) is 27.2. The predicted molar refractivity (Wildman–Crippen MR) is 142 cm³/mol. The van der Waals surface area contributed by atoms with Crippen LogP contribution in [0.2, 0.25) is 0 Å². The lowest BCUT2D eigenvalue weighted by molar-refractivity contribution is 0.0828. The number of hydrogen-bond acceptors (Lipinski definition) is 3. The second-order valence-electron chi connectivity index (χ2n) is 11.4. The van der Waals surface area contributed by atoms with Crippen molar-refractivity contribution < 1.29 is 15.3 Å². The minimum Gasteiger partial charge on any atom is -0.396 e. The molecule has 0 aromatic carbocycles. The first-order valence-electron chi connectivity index (χ1n) is 13.6. The fourth-order valence-corrected chi connectivity index (χ4v) is 7.01. The minimum absolute atomic E-state index is 0.0202. The molecule has 3 N–H and O–H groups in total. The standard InChI is InChI=1S/C31H48O3/c1-6-31(34,7-2)18-9-8-11-22(3)28-15-16-29-24(12-10-17-30(28,29)5)13-14-25-19-27(33)20-26(21-32)23(25)4/h8-9,11,13-14,18,22,26-29,32-34H,4,6-7,10,12,15-17,19-21H2,1-3,5H3/b11-8+,18-9+,24-13+,25-14-/t22-,26+,27+,28-,29+,30-/m1/s1. The summed E-state index contributed by atoms with van der Waals surface area (Å²) in [5, 5.41) is 30.4. The molecule has 3 nitrogen and oxygen atoms in total. The van der Waals surface area contributed by atoms with Gasteiger partial charge in [-0.1, -0.05) is 76.3 Å². The molecule has 0 amide bonds. The van der Waals surface area contributed by atoms with E-state index in [2.05, 4.69) is 44.7 Å². The van der Waals surface area contributed by atoms with Gasteiger partial charge in [0.05, 0.1) is 18.3 Å². The molecular formula is C31H48O3. The molecule has 3 heteroatoms. The summed E-state index contributed by atoms with van der Waals surface area (Å²) in [6.45, 7) is 13.2. The van der Waals surface area contributed by atoms with Gasteiger partial charge in [0.25, 0.3) is 0 Å². The van der Waals surface area contributed by atoms with Crippen LogP contribution in [0.1, 0.15) is 85.5 Å². The van der Waals surface area contributed by atoms with E-state index in [0.717, 1.165) is 30.4 Å². The van der Waals surface area contributed by atoms with Gasteiger partial charge in [0.1, 0.15) is 0 Å². The van der Waals surface area contributed by atoms with Crippen LogP contribution >= 0.6 is 0 Å². The van der Waals surface area contributed by atoms with E-state index in [1.54, 1.807) is 5.57 Å². The van der Waals surface area contributed by atoms with Crippen molar-refractivity contribution in [2.75, 3.05) is 6.61 Å². The number of allylic oxidation sites excluding steroid dienone is 6. The third-order valence-corrected chi connectivity index (χ3v) is 9.47. The smallest absolute Gasteiger partial charge is 0.0825 e. The Hall–Kier alpha value is -1.42. The first-order chi connectivity index (χ1) is 16.2. The van der Waals surface area contributed by atoms with Gasteiger partial charge in [0.2, 0.25) is 0 Å². The fraction of sp³-hybridized carbons (Fsp3) is 0.677. The Morgan fingerprint density at radius 2 is 1.91 bits per heavy atom. The summed E-state index contributed by atoms with van der Waals surface area (Å²) in [4.78, 5) is 0. The average Bonchev–Trinajstić information content (AvgIpc) is 3.19. The molecular weight excluding hydrogens is 420 g/mol. The fourth-order valence-electron chi connectivity index (χ4n) is 7.01. The van der Waals surface area contributed by atoms with E-state index in [4.69, 9.17) is 0 Å². The highest BCUT2D eigenvalue weighted by atomic mass is 16.3. The topological polar surface area (TPSA) is 60.7 Å². The Labute approximate surface area is 208 Å². The molecule has 0 aromatic heterocycles. The van der Waals surface area contributed by atoms with E-state index in [-0.39, 0.29) is 18.6 Å². The van der Waals surface area contributed by atoms with Gasteiger partial charge in [-0.3, -0.25) is 0 Å². The van der Waals surface area contributed by atoms with E-state index >= 15 is 0 Å².